The second-order valence-electron chi connectivity index (χ2n) is 6.81. The van der Waals surface area contributed by atoms with Crippen molar-refractivity contribution in [2.75, 3.05) is 20.1 Å². The molecule has 3 N–H and O–H groups in total. The molecule has 1 aromatic rings. The molecule has 1 saturated heterocycles. The largest absolute Gasteiger partial charge is 0.356 e. The Morgan fingerprint density at radius 3 is 2.67 bits per heavy atom. The van der Waals surface area contributed by atoms with Crippen LogP contribution in [-0.2, 0) is 4.79 Å². The lowest BCUT2D eigenvalue weighted by atomic mass is 9.99. The predicted octanol–water partition coefficient (Wildman–Crippen LogP) is 2.79. The molecule has 1 aromatic carbocycles. The molecule has 1 heterocycles. The smallest absolute Gasteiger partial charge is 0.325 e. The van der Waals surface area contributed by atoms with E-state index in [0.717, 1.165) is 10.0 Å². The van der Waals surface area contributed by atoms with Crippen molar-refractivity contribution >= 4 is 33.8 Å². The summed E-state index contributed by atoms with van der Waals surface area (Å²) in [6, 6.07) is 7.80. The van der Waals surface area contributed by atoms with Crippen LogP contribution >= 0.6 is 15.9 Å². The topological polar surface area (TPSA) is 85.8 Å². The van der Waals surface area contributed by atoms with Crippen molar-refractivity contribution in [2.45, 2.75) is 45.2 Å². The first-order chi connectivity index (χ1) is 12.8. The zero-order valence-electron chi connectivity index (χ0n) is 16.3. The maximum absolute atomic E-state index is 12.4. The van der Waals surface area contributed by atoms with Gasteiger partial charge in [0.05, 0.1) is 6.04 Å². The highest BCUT2D eigenvalue weighted by molar-refractivity contribution is 9.10. The van der Waals surface area contributed by atoms with Crippen LogP contribution in [0.15, 0.2) is 33.7 Å². The summed E-state index contributed by atoms with van der Waals surface area (Å²) < 4.78 is 1.04. The first kappa shape index (κ1) is 21.2. The van der Waals surface area contributed by atoms with E-state index in [4.69, 9.17) is 0 Å². The molecule has 2 unspecified atom stereocenters. The number of guanidine groups is 1. The minimum Gasteiger partial charge on any atom is -0.356 e. The number of rotatable bonds is 7. The highest BCUT2D eigenvalue weighted by atomic mass is 79.9. The number of imide groups is 1. The van der Waals surface area contributed by atoms with Gasteiger partial charge in [-0.15, -0.1) is 0 Å². The van der Waals surface area contributed by atoms with E-state index in [1.807, 2.05) is 25.1 Å². The minimum atomic E-state index is -0.777. The van der Waals surface area contributed by atoms with Crippen LogP contribution in [0.3, 0.4) is 0 Å². The number of hydrogen-bond donors (Lipinski definition) is 3. The molecule has 1 fully saturated rings. The SMILES string of the molecule is CCC1(C)NC(=O)N(CCCNC(=NC)NC(C)c2ccccc2Br)C1=O. The molecule has 27 heavy (non-hydrogen) atoms. The lowest BCUT2D eigenvalue weighted by Crippen LogP contribution is -2.43. The molecular weight excluding hydrogens is 410 g/mol. The van der Waals surface area contributed by atoms with Crippen LogP contribution in [0.1, 0.15) is 45.2 Å². The Morgan fingerprint density at radius 2 is 2.07 bits per heavy atom. The third-order valence-electron chi connectivity index (χ3n) is 4.85. The van der Waals surface area contributed by atoms with E-state index >= 15 is 0 Å². The van der Waals surface area contributed by atoms with Crippen molar-refractivity contribution in [1.82, 2.24) is 20.9 Å². The molecule has 0 radical (unpaired) electrons. The Morgan fingerprint density at radius 1 is 1.37 bits per heavy atom. The molecule has 0 saturated carbocycles. The molecule has 148 valence electrons. The maximum Gasteiger partial charge on any atom is 0.325 e. The Hall–Kier alpha value is -2.09. The number of aliphatic imine (C=N–C) groups is 1. The van der Waals surface area contributed by atoms with Crippen molar-refractivity contribution in [3.63, 3.8) is 0 Å². The second-order valence-corrected chi connectivity index (χ2v) is 7.67. The molecule has 7 nitrogen and oxygen atoms in total. The maximum atomic E-state index is 12.4. The summed E-state index contributed by atoms with van der Waals surface area (Å²) in [4.78, 5) is 29.9. The molecule has 1 aliphatic rings. The number of nitrogens with zero attached hydrogens (tertiary/aromatic N) is 2. The Labute approximate surface area is 169 Å². The second kappa shape index (κ2) is 9.21. The van der Waals surface area contributed by atoms with Gasteiger partial charge in [0.15, 0.2) is 5.96 Å². The Kier molecular flexibility index (Phi) is 7.24. The monoisotopic (exact) mass is 437 g/mol. The van der Waals surface area contributed by atoms with Crippen LogP contribution in [0.25, 0.3) is 0 Å². The third kappa shape index (κ3) is 5.00. The fraction of sp³-hybridized carbons (Fsp3) is 0.526. The van der Waals surface area contributed by atoms with Crippen LogP contribution in [0.2, 0.25) is 0 Å². The molecule has 2 atom stereocenters. The van der Waals surface area contributed by atoms with E-state index in [1.54, 1.807) is 14.0 Å². The number of hydrogen-bond acceptors (Lipinski definition) is 3. The van der Waals surface area contributed by atoms with Gasteiger partial charge in [0.2, 0.25) is 0 Å². The predicted molar refractivity (Wildman–Crippen MR) is 111 cm³/mol. The van der Waals surface area contributed by atoms with E-state index in [9.17, 15) is 9.59 Å². The average molecular weight is 438 g/mol. The van der Waals surface area contributed by atoms with Crippen molar-refractivity contribution in [2.24, 2.45) is 4.99 Å². The number of benzene rings is 1. The van der Waals surface area contributed by atoms with Gasteiger partial charge in [0.1, 0.15) is 5.54 Å². The first-order valence-corrected chi connectivity index (χ1v) is 9.97. The molecule has 1 aliphatic heterocycles. The van der Waals surface area contributed by atoms with E-state index in [2.05, 4.69) is 49.9 Å². The van der Waals surface area contributed by atoms with E-state index in [-0.39, 0.29) is 18.0 Å². The summed E-state index contributed by atoms with van der Waals surface area (Å²) in [7, 11) is 1.71. The average Bonchev–Trinajstić information content (AvgIpc) is 2.87. The van der Waals surface area contributed by atoms with Gasteiger partial charge < -0.3 is 16.0 Å². The summed E-state index contributed by atoms with van der Waals surface area (Å²) in [5.41, 5.74) is 0.360. The summed E-state index contributed by atoms with van der Waals surface area (Å²) >= 11 is 3.56. The summed E-state index contributed by atoms with van der Waals surface area (Å²) in [5.74, 6) is 0.522. The molecule has 0 spiro atoms. The number of halogens is 1. The highest BCUT2D eigenvalue weighted by Gasteiger charge is 2.45. The van der Waals surface area contributed by atoms with Crippen LogP contribution in [0.5, 0.6) is 0 Å². The normalized spacial score (nSPS) is 21.2. The van der Waals surface area contributed by atoms with Crippen LogP contribution < -0.4 is 16.0 Å². The van der Waals surface area contributed by atoms with Gasteiger partial charge in [0, 0.05) is 24.6 Å². The third-order valence-corrected chi connectivity index (χ3v) is 5.57. The number of urea groups is 1. The quantitative estimate of drug-likeness (QED) is 0.265. The fourth-order valence-electron chi connectivity index (χ4n) is 2.94. The molecule has 3 amide bonds. The summed E-state index contributed by atoms with van der Waals surface area (Å²) in [6.07, 6.45) is 1.22. The van der Waals surface area contributed by atoms with Crippen molar-refractivity contribution in [1.29, 1.82) is 0 Å². The summed E-state index contributed by atoms with van der Waals surface area (Å²) in [6.45, 7) is 6.70. The van der Waals surface area contributed by atoms with Gasteiger partial charge in [-0.1, -0.05) is 41.1 Å². The standard InChI is InChI=1S/C19H28BrN5O2/c1-5-19(3)16(26)25(18(27)24-19)12-8-11-22-17(21-4)23-13(2)14-9-6-7-10-15(14)20/h6-7,9-10,13H,5,8,11-12H2,1-4H3,(H,24,27)(H2,21,22,23). The zero-order chi connectivity index (χ0) is 20.0. The fourth-order valence-corrected chi connectivity index (χ4v) is 3.57. The van der Waals surface area contributed by atoms with Gasteiger partial charge in [-0.05, 0) is 38.3 Å². The van der Waals surface area contributed by atoms with Crippen LogP contribution in [-0.4, -0.2) is 48.5 Å². The Bertz CT molecular complexity index is 724. The van der Waals surface area contributed by atoms with E-state index in [0.29, 0.717) is 31.9 Å². The molecule has 8 heteroatoms. The molecule has 0 aromatic heterocycles. The highest BCUT2D eigenvalue weighted by Crippen LogP contribution is 2.22. The van der Waals surface area contributed by atoms with Crippen molar-refractivity contribution in [3.05, 3.63) is 34.3 Å². The lowest BCUT2D eigenvalue weighted by molar-refractivity contribution is -0.130. The van der Waals surface area contributed by atoms with Crippen molar-refractivity contribution < 1.29 is 9.59 Å². The van der Waals surface area contributed by atoms with Crippen LogP contribution in [0.4, 0.5) is 4.79 Å². The number of carbonyl (C=O) groups excluding carboxylic acids is 2. The van der Waals surface area contributed by atoms with E-state index in [1.165, 1.54) is 4.90 Å². The lowest BCUT2D eigenvalue weighted by Gasteiger charge is -2.20. The van der Waals surface area contributed by atoms with Gasteiger partial charge >= 0.3 is 6.03 Å². The molecule has 0 aliphatic carbocycles. The number of carbonyl (C=O) groups is 2. The molecule has 2 rings (SSSR count). The zero-order valence-corrected chi connectivity index (χ0v) is 17.9. The van der Waals surface area contributed by atoms with Gasteiger partial charge in [-0.3, -0.25) is 14.7 Å². The van der Waals surface area contributed by atoms with Crippen molar-refractivity contribution in [3.8, 4) is 0 Å². The van der Waals surface area contributed by atoms with E-state index < -0.39 is 5.54 Å². The number of nitrogens with one attached hydrogen (secondary N) is 3. The molecular formula is C19H28BrN5O2. The van der Waals surface area contributed by atoms with Gasteiger partial charge in [-0.2, -0.15) is 0 Å². The van der Waals surface area contributed by atoms with Gasteiger partial charge in [-0.25, -0.2) is 4.79 Å². The van der Waals surface area contributed by atoms with Crippen LogP contribution in [0, 0.1) is 0 Å². The first-order valence-electron chi connectivity index (χ1n) is 9.18. The molecule has 0 bridgehead atoms. The van der Waals surface area contributed by atoms with Gasteiger partial charge in [0.25, 0.3) is 5.91 Å². The minimum absolute atomic E-state index is 0.0722. The summed E-state index contributed by atoms with van der Waals surface area (Å²) in [5, 5.41) is 9.34. The number of amides is 3. The Balaban J connectivity index is 1.81.